The Bertz CT molecular complexity index is 603. The van der Waals surface area contributed by atoms with Crippen molar-refractivity contribution in [1.82, 2.24) is 0 Å². The fraction of sp³-hybridized carbons (Fsp3) is 0.176. The summed E-state index contributed by atoms with van der Waals surface area (Å²) in [5.74, 6) is -0.728. The Morgan fingerprint density at radius 2 is 1.05 bits per heavy atom. The molecule has 2 aromatic rings. The molecule has 0 aliphatic carbocycles. The highest BCUT2D eigenvalue weighted by atomic mass is 16.5. The molecule has 0 spiro atoms. The van der Waals surface area contributed by atoms with Gasteiger partial charge in [0.1, 0.15) is 0 Å². The van der Waals surface area contributed by atoms with Crippen LogP contribution in [0, 0.1) is 0 Å². The van der Waals surface area contributed by atoms with Gasteiger partial charge in [0.05, 0.1) is 25.3 Å². The van der Waals surface area contributed by atoms with Crippen molar-refractivity contribution in [3.05, 3.63) is 59.7 Å². The van der Waals surface area contributed by atoms with Gasteiger partial charge < -0.3 is 14.4 Å². The summed E-state index contributed by atoms with van der Waals surface area (Å²) in [5.41, 5.74) is 2.83. The maximum atomic E-state index is 11.4. The van der Waals surface area contributed by atoms with Crippen molar-refractivity contribution >= 4 is 23.3 Å². The zero-order valence-electron chi connectivity index (χ0n) is 12.7. The summed E-state index contributed by atoms with van der Waals surface area (Å²) >= 11 is 0. The average molecular weight is 299 g/mol. The van der Waals surface area contributed by atoms with E-state index in [1.165, 1.54) is 14.2 Å². The summed E-state index contributed by atoms with van der Waals surface area (Å²) in [7, 11) is 4.61. The number of carbonyl (C=O) groups excluding carboxylic acids is 2. The molecule has 5 heteroatoms. The smallest absolute Gasteiger partial charge is 0.337 e. The van der Waals surface area contributed by atoms with Gasteiger partial charge in [0, 0.05) is 18.4 Å². The second-order valence-electron chi connectivity index (χ2n) is 4.64. The minimum absolute atomic E-state index is 0.364. The number of methoxy groups -OCH3 is 2. The van der Waals surface area contributed by atoms with Crippen molar-refractivity contribution in [2.75, 3.05) is 26.2 Å². The Morgan fingerprint density at radius 1 is 0.727 bits per heavy atom. The molecule has 0 aliphatic heterocycles. The molecule has 0 aliphatic rings. The van der Waals surface area contributed by atoms with E-state index in [1.54, 1.807) is 24.3 Å². The number of benzene rings is 2. The molecule has 0 unspecified atom stereocenters. The Morgan fingerprint density at radius 3 is 1.32 bits per heavy atom. The van der Waals surface area contributed by atoms with Crippen LogP contribution in [0.15, 0.2) is 48.5 Å². The van der Waals surface area contributed by atoms with Gasteiger partial charge in [-0.2, -0.15) is 0 Å². The summed E-state index contributed by atoms with van der Waals surface area (Å²) in [6.45, 7) is 0. The zero-order valence-corrected chi connectivity index (χ0v) is 12.7. The van der Waals surface area contributed by atoms with E-state index in [0.29, 0.717) is 11.1 Å². The molecule has 2 aromatic carbocycles. The Labute approximate surface area is 129 Å². The summed E-state index contributed by atoms with van der Waals surface area (Å²) in [6.07, 6.45) is 0. The highest BCUT2D eigenvalue weighted by Gasteiger charge is 2.09. The minimum Gasteiger partial charge on any atom is -0.465 e. The maximum Gasteiger partial charge on any atom is 0.337 e. The Kier molecular flexibility index (Phi) is 4.78. The number of hydrogen-bond donors (Lipinski definition) is 0. The first-order valence-electron chi connectivity index (χ1n) is 6.67. The highest BCUT2D eigenvalue weighted by molar-refractivity contribution is 5.90. The number of ether oxygens (including phenoxy) is 2. The lowest BCUT2D eigenvalue weighted by Crippen LogP contribution is -2.10. The SMILES string of the molecule is COC(=O)c1ccc(N(C)c2ccc(C(=O)OC)cc2)cc1. The molecular formula is C17H17NO4. The van der Waals surface area contributed by atoms with Gasteiger partial charge in [-0.05, 0) is 48.5 Å². The second-order valence-corrected chi connectivity index (χ2v) is 4.64. The standard InChI is InChI=1S/C17H17NO4/c1-18(14-8-4-12(5-9-14)16(19)21-2)15-10-6-13(7-11-15)17(20)22-3/h4-11H,1-3H3. The van der Waals surface area contributed by atoms with Crippen molar-refractivity contribution in [3.63, 3.8) is 0 Å². The van der Waals surface area contributed by atoms with Gasteiger partial charge in [0.2, 0.25) is 0 Å². The molecule has 5 nitrogen and oxygen atoms in total. The number of esters is 2. The molecule has 0 N–H and O–H groups in total. The zero-order chi connectivity index (χ0) is 16.1. The van der Waals surface area contributed by atoms with Gasteiger partial charge in [-0.1, -0.05) is 0 Å². The Balaban J connectivity index is 2.18. The van der Waals surface area contributed by atoms with E-state index in [1.807, 2.05) is 36.2 Å². The average Bonchev–Trinajstić information content (AvgIpc) is 2.60. The second kappa shape index (κ2) is 6.76. The third-order valence-corrected chi connectivity index (χ3v) is 3.35. The van der Waals surface area contributed by atoms with Gasteiger partial charge in [0.15, 0.2) is 0 Å². The Hall–Kier alpha value is -2.82. The summed E-state index contributed by atoms with van der Waals surface area (Å²) in [6, 6.07) is 14.2. The van der Waals surface area contributed by atoms with Gasteiger partial charge >= 0.3 is 11.9 Å². The predicted molar refractivity (Wildman–Crippen MR) is 83.6 cm³/mol. The van der Waals surface area contributed by atoms with E-state index in [0.717, 1.165) is 11.4 Å². The fourth-order valence-electron chi connectivity index (χ4n) is 2.03. The topological polar surface area (TPSA) is 55.8 Å². The lowest BCUT2D eigenvalue weighted by atomic mass is 10.1. The van der Waals surface area contributed by atoms with Gasteiger partial charge in [-0.25, -0.2) is 9.59 Å². The molecular weight excluding hydrogens is 282 g/mol. The molecule has 0 bridgehead atoms. The van der Waals surface area contributed by atoms with Crippen molar-refractivity contribution in [3.8, 4) is 0 Å². The molecule has 0 fully saturated rings. The molecule has 0 saturated carbocycles. The van der Waals surface area contributed by atoms with Crippen molar-refractivity contribution in [2.24, 2.45) is 0 Å². The van der Waals surface area contributed by atoms with Crippen molar-refractivity contribution in [1.29, 1.82) is 0 Å². The van der Waals surface area contributed by atoms with Gasteiger partial charge in [-0.3, -0.25) is 0 Å². The van der Waals surface area contributed by atoms with E-state index >= 15 is 0 Å². The third-order valence-electron chi connectivity index (χ3n) is 3.35. The first-order valence-corrected chi connectivity index (χ1v) is 6.67. The third kappa shape index (κ3) is 3.25. The summed E-state index contributed by atoms with van der Waals surface area (Å²) in [5, 5.41) is 0. The molecule has 0 aromatic heterocycles. The van der Waals surface area contributed by atoms with E-state index < -0.39 is 0 Å². The quantitative estimate of drug-likeness (QED) is 0.812. The normalized spacial score (nSPS) is 9.95. The van der Waals surface area contributed by atoms with Gasteiger partial charge in [-0.15, -0.1) is 0 Å². The van der Waals surface area contributed by atoms with Crippen molar-refractivity contribution in [2.45, 2.75) is 0 Å². The van der Waals surface area contributed by atoms with Gasteiger partial charge in [0.25, 0.3) is 0 Å². The minimum atomic E-state index is -0.364. The van der Waals surface area contributed by atoms with Crippen LogP contribution in [-0.4, -0.2) is 33.2 Å². The molecule has 0 saturated heterocycles. The van der Waals surface area contributed by atoms with Crippen LogP contribution < -0.4 is 4.90 Å². The molecule has 114 valence electrons. The van der Waals surface area contributed by atoms with Crippen LogP contribution in [0.3, 0.4) is 0 Å². The number of carbonyl (C=O) groups is 2. The summed E-state index contributed by atoms with van der Waals surface area (Å²) in [4.78, 5) is 24.8. The monoisotopic (exact) mass is 299 g/mol. The number of anilines is 2. The number of nitrogens with zero attached hydrogens (tertiary/aromatic N) is 1. The predicted octanol–water partition coefficient (Wildman–Crippen LogP) is 3.03. The largest absolute Gasteiger partial charge is 0.465 e. The molecule has 2 rings (SSSR count). The van der Waals surface area contributed by atoms with Crippen LogP contribution in [0.1, 0.15) is 20.7 Å². The van der Waals surface area contributed by atoms with Crippen LogP contribution in [0.25, 0.3) is 0 Å². The van der Waals surface area contributed by atoms with Crippen LogP contribution in [0.2, 0.25) is 0 Å². The first-order chi connectivity index (χ1) is 10.6. The maximum absolute atomic E-state index is 11.4. The lowest BCUT2D eigenvalue weighted by Gasteiger charge is -2.20. The van der Waals surface area contributed by atoms with E-state index in [2.05, 4.69) is 9.47 Å². The van der Waals surface area contributed by atoms with E-state index in [4.69, 9.17) is 0 Å². The number of hydrogen-bond acceptors (Lipinski definition) is 5. The lowest BCUT2D eigenvalue weighted by molar-refractivity contribution is 0.0592. The van der Waals surface area contributed by atoms with Crippen LogP contribution in [-0.2, 0) is 9.47 Å². The van der Waals surface area contributed by atoms with E-state index in [-0.39, 0.29) is 11.9 Å². The van der Waals surface area contributed by atoms with E-state index in [9.17, 15) is 9.59 Å². The highest BCUT2D eigenvalue weighted by Crippen LogP contribution is 2.24. The first kappa shape index (κ1) is 15.6. The van der Waals surface area contributed by atoms with Crippen LogP contribution in [0.4, 0.5) is 11.4 Å². The molecule has 0 radical (unpaired) electrons. The number of rotatable bonds is 4. The molecule has 22 heavy (non-hydrogen) atoms. The van der Waals surface area contributed by atoms with Crippen LogP contribution in [0.5, 0.6) is 0 Å². The molecule has 0 amide bonds. The van der Waals surface area contributed by atoms with Crippen LogP contribution >= 0.6 is 0 Å². The molecule has 0 heterocycles. The summed E-state index contributed by atoms with van der Waals surface area (Å²) < 4.78 is 9.34. The fourth-order valence-corrected chi connectivity index (χ4v) is 2.03. The molecule has 0 atom stereocenters. The van der Waals surface area contributed by atoms with Crippen molar-refractivity contribution < 1.29 is 19.1 Å².